The lowest BCUT2D eigenvalue weighted by molar-refractivity contribution is -0.239. The number of hydrogen-bond donors (Lipinski definition) is 3. The van der Waals surface area contributed by atoms with Crippen LogP contribution in [-0.2, 0) is 4.74 Å². The van der Waals surface area contributed by atoms with E-state index in [-0.39, 0.29) is 0 Å². The number of ether oxygens (including phenoxy) is 1. The molecule has 108 valence electrons. The monoisotopic (exact) mass is 280 g/mol. The zero-order valence-corrected chi connectivity index (χ0v) is 11.1. The lowest BCUT2D eigenvalue weighted by atomic mass is 9.99. The number of imidazole rings is 1. The number of hydrogen-bond acceptors (Lipinski definition) is 7. The number of aryl methyl sites for hydroxylation is 1. The van der Waals surface area contributed by atoms with Gasteiger partial charge in [-0.2, -0.15) is 0 Å². The first-order valence-electron chi connectivity index (χ1n) is 6.34. The fourth-order valence-corrected chi connectivity index (χ4v) is 2.41. The Morgan fingerprint density at radius 1 is 1.10 bits per heavy atom. The van der Waals surface area contributed by atoms with Gasteiger partial charge in [0.1, 0.15) is 30.2 Å². The predicted octanol–water partition coefficient (Wildman–Crippen LogP) is -0.865. The minimum atomic E-state index is -1.29. The molecule has 0 spiro atoms. The molecule has 2 aromatic rings. The van der Waals surface area contributed by atoms with Crippen LogP contribution >= 0.6 is 0 Å². The molecule has 0 aliphatic carbocycles. The molecule has 0 aromatic carbocycles. The van der Waals surface area contributed by atoms with Crippen molar-refractivity contribution in [3.05, 3.63) is 18.3 Å². The molecule has 1 aliphatic heterocycles. The lowest BCUT2D eigenvalue weighted by Gasteiger charge is -2.39. The van der Waals surface area contributed by atoms with Crippen molar-refractivity contribution in [2.24, 2.45) is 0 Å². The van der Waals surface area contributed by atoms with Crippen LogP contribution in [-0.4, -0.2) is 59.3 Å². The second kappa shape index (κ2) is 4.74. The van der Waals surface area contributed by atoms with E-state index in [1.165, 1.54) is 12.7 Å². The van der Waals surface area contributed by atoms with Gasteiger partial charge in [-0.3, -0.25) is 4.57 Å². The Bertz CT molecular complexity index is 631. The summed E-state index contributed by atoms with van der Waals surface area (Å²) in [6.07, 6.45) is -2.27. The Morgan fingerprint density at radius 2 is 1.85 bits per heavy atom. The fraction of sp³-hybridized carbons (Fsp3) is 0.583. The van der Waals surface area contributed by atoms with E-state index in [0.717, 1.165) is 0 Å². The number of aliphatic hydroxyl groups is 3. The number of aliphatic hydroxyl groups excluding tert-OH is 3. The number of nitrogens with zero attached hydrogens (tertiary/aromatic N) is 4. The molecule has 0 unspecified atom stereocenters. The highest BCUT2D eigenvalue weighted by molar-refractivity contribution is 5.72. The molecule has 3 N–H and O–H groups in total. The van der Waals surface area contributed by atoms with E-state index < -0.39 is 30.6 Å². The van der Waals surface area contributed by atoms with Crippen LogP contribution in [0.5, 0.6) is 0 Å². The van der Waals surface area contributed by atoms with Gasteiger partial charge in [0.25, 0.3) is 0 Å². The molecular formula is C12H16N4O4. The van der Waals surface area contributed by atoms with E-state index in [4.69, 9.17) is 4.74 Å². The summed E-state index contributed by atoms with van der Waals surface area (Å²) in [5.74, 6) is 0. The number of aromatic nitrogens is 4. The first-order chi connectivity index (χ1) is 9.50. The summed E-state index contributed by atoms with van der Waals surface area (Å²) in [4.78, 5) is 12.4. The molecule has 0 amide bonds. The fourth-order valence-electron chi connectivity index (χ4n) is 2.41. The lowest BCUT2D eigenvalue weighted by Crippen LogP contribution is -2.54. The van der Waals surface area contributed by atoms with Crippen LogP contribution in [0.3, 0.4) is 0 Å². The van der Waals surface area contributed by atoms with Crippen LogP contribution < -0.4 is 0 Å². The average Bonchev–Trinajstić information content (AvgIpc) is 2.86. The van der Waals surface area contributed by atoms with Gasteiger partial charge in [-0.25, -0.2) is 15.0 Å². The van der Waals surface area contributed by atoms with Crippen LogP contribution in [0.25, 0.3) is 11.2 Å². The zero-order chi connectivity index (χ0) is 14.4. The molecular weight excluding hydrogens is 264 g/mol. The van der Waals surface area contributed by atoms with Gasteiger partial charge >= 0.3 is 0 Å². The van der Waals surface area contributed by atoms with Crippen molar-refractivity contribution in [1.82, 2.24) is 19.5 Å². The normalized spacial score (nSPS) is 34.5. The van der Waals surface area contributed by atoms with E-state index in [2.05, 4.69) is 15.0 Å². The predicted molar refractivity (Wildman–Crippen MR) is 67.7 cm³/mol. The van der Waals surface area contributed by atoms with Crippen molar-refractivity contribution >= 4 is 11.2 Å². The van der Waals surface area contributed by atoms with Crippen LogP contribution in [0.15, 0.2) is 12.7 Å². The smallest absolute Gasteiger partial charge is 0.165 e. The summed E-state index contributed by atoms with van der Waals surface area (Å²) in [5, 5.41) is 29.7. The van der Waals surface area contributed by atoms with Gasteiger partial charge in [-0.1, -0.05) is 0 Å². The first-order valence-corrected chi connectivity index (χ1v) is 6.34. The van der Waals surface area contributed by atoms with Crippen LogP contribution in [0, 0.1) is 6.92 Å². The van der Waals surface area contributed by atoms with E-state index in [0.29, 0.717) is 16.9 Å². The van der Waals surface area contributed by atoms with Crippen molar-refractivity contribution in [3.63, 3.8) is 0 Å². The van der Waals surface area contributed by atoms with Crippen molar-refractivity contribution in [1.29, 1.82) is 0 Å². The van der Waals surface area contributed by atoms with E-state index >= 15 is 0 Å². The number of fused-ring (bicyclic) bond motifs is 1. The summed E-state index contributed by atoms with van der Waals surface area (Å²) in [5.41, 5.74) is 1.83. The second-order valence-corrected chi connectivity index (χ2v) is 4.99. The van der Waals surface area contributed by atoms with Crippen molar-refractivity contribution in [3.8, 4) is 0 Å². The first kappa shape index (κ1) is 13.4. The molecule has 8 nitrogen and oxygen atoms in total. The number of rotatable bonds is 1. The van der Waals surface area contributed by atoms with Gasteiger partial charge in [0.2, 0.25) is 0 Å². The Morgan fingerprint density at radius 3 is 2.60 bits per heavy atom. The highest BCUT2D eigenvalue weighted by atomic mass is 16.5. The molecule has 1 aliphatic rings. The summed E-state index contributed by atoms with van der Waals surface area (Å²) < 4.78 is 7.12. The Kier molecular flexibility index (Phi) is 3.17. The summed E-state index contributed by atoms with van der Waals surface area (Å²) in [7, 11) is 0. The Hall–Kier alpha value is -1.61. The van der Waals surface area contributed by atoms with Gasteiger partial charge in [0, 0.05) is 0 Å². The van der Waals surface area contributed by atoms with Crippen molar-refractivity contribution < 1.29 is 20.1 Å². The highest BCUT2D eigenvalue weighted by Crippen LogP contribution is 2.30. The van der Waals surface area contributed by atoms with Gasteiger partial charge in [0.05, 0.1) is 18.1 Å². The second-order valence-electron chi connectivity index (χ2n) is 4.99. The molecule has 20 heavy (non-hydrogen) atoms. The van der Waals surface area contributed by atoms with Crippen LogP contribution in [0.1, 0.15) is 18.8 Å². The van der Waals surface area contributed by atoms with E-state index in [1.807, 2.05) is 0 Å². The zero-order valence-electron chi connectivity index (χ0n) is 11.1. The molecule has 0 saturated carbocycles. The highest BCUT2D eigenvalue weighted by Gasteiger charge is 2.43. The van der Waals surface area contributed by atoms with E-state index in [1.54, 1.807) is 18.4 Å². The van der Waals surface area contributed by atoms with E-state index in [9.17, 15) is 15.3 Å². The molecule has 8 heteroatoms. The quantitative estimate of drug-likeness (QED) is 0.622. The molecule has 3 heterocycles. The van der Waals surface area contributed by atoms with Crippen molar-refractivity contribution in [2.45, 2.75) is 44.5 Å². The van der Waals surface area contributed by atoms with Gasteiger partial charge in [-0.05, 0) is 13.8 Å². The maximum absolute atomic E-state index is 10.1. The molecule has 3 rings (SSSR count). The van der Waals surface area contributed by atoms with Crippen LogP contribution in [0.2, 0.25) is 0 Å². The molecule has 2 aromatic heterocycles. The molecule has 1 saturated heterocycles. The molecule has 0 bridgehead atoms. The standard InChI is InChI=1S/C12H16N4O4/c1-5-7-11(14-3-13-5)16(4-15-7)12-10(19)9(18)8(17)6(2)20-12/h3-4,6,8-10,12,17-19H,1-2H3/t6-,8-,9-,10-,12-/m1/s1. The maximum Gasteiger partial charge on any atom is 0.165 e. The Labute approximate surface area is 114 Å². The largest absolute Gasteiger partial charge is 0.388 e. The third-order valence-corrected chi connectivity index (χ3v) is 3.64. The topological polar surface area (TPSA) is 114 Å². The maximum atomic E-state index is 10.1. The van der Waals surface area contributed by atoms with Gasteiger partial charge in [-0.15, -0.1) is 0 Å². The molecule has 1 fully saturated rings. The SMILES string of the molecule is Cc1ncnc2c1ncn2[C@@H]1O[C@H](C)[C@@H](O)[C@@H](O)[C@H]1O. The minimum Gasteiger partial charge on any atom is -0.388 e. The Balaban J connectivity index is 2.04. The minimum absolute atomic E-state index is 0.511. The third-order valence-electron chi connectivity index (χ3n) is 3.64. The summed E-state index contributed by atoms with van der Waals surface area (Å²) in [6.45, 7) is 3.44. The molecule has 0 radical (unpaired) electrons. The summed E-state index contributed by atoms with van der Waals surface area (Å²) in [6, 6.07) is 0. The van der Waals surface area contributed by atoms with Crippen LogP contribution in [0.4, 0.5) is 0 Å². The van der Waals surface area contributed by atoms with Gasteiger partial charge < -0.3 is 20.1 Å². The van der Waals surface area contributed by atoms with Gasteiger partial charge in [0.15, 0.2) is 11.9 Å². The average molecular weight is 280 g/mol. The third kappa shape index (κ3) is 1.88. The summed E-state index contributed by atoms with van der Waals surface area (Å²) >= 11 is 0. The van der Waals surface area contributed by atoms with Crippen molar-refractivity contribution in [2.75, 3.05) is 0 Å². The molecule has 5 atom stereocenters.